The van der Waals surface area contributed by atoms with Crippen molar-refractivity contribution in [1.29, 1.82) is 0 Å². The Labute approximate surface area is 152 Å². The van der Waals surface area contributed by atoms with Crippen LogP contribution in [0, 0.1) is 34.0 Å². The van der Waals surface area contributed by atoms with Crippen molar-refractivity contribution in [3.05, 3.63) is 12.2 Å². The van der Waals surface area contributed by atoms with E-state index in [1.54, 1.807) is 0 Å². The summed E-state index contributed by atoms with van der Waals surface area (Å²) < 4.78 is 5.90. The minimum atomic E-state index is -1.30. The van der Waals surface area contributed by atoms with Gasteiger partial charge in [0.15, 0.2) is 12.1 Å². The zero-order chi connectivity index (χ0) is 18.8. The molecule has 4 aliphatic carbocycles. The first kappa shape index (κ1) is 17.3. The largest absolute Gasteiger partial charge is 0.393 e. The van der Waals surface area contributed by atoms with Crippen LogP contribution in [0.1, 0.15) is 39.5 Å². The first-order chi connectivity index (χ1) is 12.1. The number of ketones is 1. The second-order valence-electron chi connectivity index (χ2n) is 9.93. The van der Waals surface area contributed by atoms with Gasteiger partial charge < -0.3 is 25.2 Å². The van der Waals surface area contributed by atoms with E-state index >= 15 is 0 Å². The number of rotatable bonds is 0. The first-order valence-corrected chi connectivity index (χ1v) is 9.72. The van der Waals surface area contributed by atoms with Crippen LogP contribution in [0.3, 0.4) is 0 Å². The van der Waals surface area contributed by atoms with Gasteiger partial charge >= 0.3 is 0 Å². The lowest BCUT2D eigenvalue weighted by Crippen LogP contribution is -2.80. The minimum Gasteiger partial charge on any atom is -0.393 e. The lowest BCUT2D eigenvalue weighted by molar-refractivity contribution is -0.411. The van der Waals surface area contributed by atoms with Crippen molar-refractivity contribution in [2.45, 2.75) is 70.2 Å². The van der Waals surface area contributed by atoms with Gasteiger partial charge in [-0.25, -0.2) is 0 Å². The van der Waals surface area contributed by atoms with Crippen LogP contribution in [0.4, 0.5) is 0 Å². The van der Waals surface area contributed by atoms with Gasteiger partial charge in [-0.1, -0.05) is 20.4 Å². The van der Waals surface area contributed by atoms with Gasteiger partial charge in [0.25, 0.3) is 0 Å². The Morgan fingerprint density at radius 2 is 1.85 bits per heavy atom. The van der Waals surface area contributed by atoms with Crippen LogP contribution in [-0.4, -0.2) is 56.9 Å². The molecular weight excluding hydrogens is 336 g/mol. The molecule has 6 fully saturated rings. The highest BCUT2D eigenvalue weighted by molar-refractivity contribution is 6.04. The number of carbonyl (C=O) groups excluding carboxylic acids is 1. The van der Waals surface area contributed by atoms with E-state index in [0.717, 1.165) is 6.42 Å². The number of hydrogen-bond donors (Lipinski definition) is 4. The summed E-state index contributed by atoms with van der Waals surface area (Å²) in [7, 11) is 0. The Morgan fingerprint density at radius 1 is 1.15 bits per heavy atom. The van der Waals surface area contributed by atoms with E-state index in [2.05, 4.69) is 20.4 Å². The van der Waals surface area contributed by atoms with Crippen molar-refractivity contribution in [1.82, 2.24) is 0 Å². The zero-order valence-electron chi connectivity index (χ0n) is 15.3. The van der Waals surface area contributed by atoms with Crippen LogP contribution in [-0.2, 0) is 9.53 Å². The molecule has 0 aromatic carbocycles. The second-order valence-corrected chi connectivity index (χ2v) is 9.93. The van der Waals surface area contributed by atoms with Crippen molar-refractivity contribution in [3.8, 4) is 0 Å². The molecule has 2 heterocycles. The summed E-state index contributed by atoms with van der Waals surface area (Å²) >= 11 is 0. The summed E-state index contributed by atoms with van der Waals surface area (Å²) in [5, 5.41) is 44.4. The quantitative estimate of drug-likeness (QED) is 0.463. The summed E-state index contributed by atoms with van der Waals surface area (Å²) in [5.74, 6) is -1.54. The molecule has 144 valence electrons. The predicted octanol–water partition coefficient (Wildman–Crippen LogP) is 0.374. The molecule has 2 saturated heterocycles. The summed E-state index contributed by atoms with van der Waals surface area (Å²) in [5.41, 5.74) is -2.27. The van der Waals surface area contributed by atoms with Gasteiger partial charge in [-0.3, -0.25) is 4.79 Å². The standard InChI is InChI=1S/C20H28O6/c1-8-9-6-10(21)14-19-11(18(2,3)5-4-12(19)22)7-13(26-17(19)25)20(14,15(8)23)16(9)24/h9-14,16-17,21-22,24-25H,1,4-7H2,2-3H3/t9-,10+,11+,12+,13+,14+,16-,17+,19+,20-/m0/s1. The number of aliphatic hydroxyl groups is 4. The molecule has 0 amide bonds. The number of fused-ring (bicyclic) bond motifs is 2. The minimum absolute atomic E-state index is 0.0943. The fraction of sp³-hybridized carbons (Fsp3) is 0.850. The normalized spacial score (nSPS) is 59.9. The van der Waals surface area contributed by atoms with Gasteiger partial charge in [0.05, 0.1) is 35.2 Å². The van der Waals surface area contributed by atoms with Crippen molar-refractivity contribution in [2.24, 2.45) is 34.0 Å². The summed E-state index contributed by atoms with van der Waals surface area (Å²) in [4.78, 5) is 13.3. The SMILES string of the molecule is C=C1C(=O)[C@]23[C@H]4C[C@@H]5C(C)(C)CC[C@@H](O)[C@@]5([C@H](O)O4)[C@H]2[C@H](O)C[C@@H]1[C@@H]3O. The molecule has 0 unspecified atom stereocenters. The highest BCUT2D eigenvalue weighted by Gasteiger charge is 2.83. The molecule has 0 aromatic heterocycles. The number of hydrogen-bond acceptors (Lipinski definition) is 6. The van der Waals surface area contributed by atoms with Gasteiger partial charge in [-0.2, -0.15) is 0 Å². The molecule has 6 nitrogen and oxygen atoms in total. The van der Waals surface area contributed by atoms with Crippen LogP contribution in [0.5, 0.6) is 0 Å². The lowest BCUT2D eigenvalue weighted by Gasteiger charge is -2.73. The van der Waals surface area contributed by atoms with Crippen LogP contribution in [0.15, 0.2) is 12.2 Å². The van der Waals surface area contributed by atoms with Crippen molar-refractivity contribution in [2.75, 3.05) is 0 Å². The van der Waals surface area contributed by atoms with Crippen molar-refractivity contribution >= 4 is 5.78 Å². The van der Waals surface area contributed by atoms with E-state index in [9.17, 15) is 25.2 Å². The molecule has 2 aliphatic heterocycles. The number of ether oxygens (including phenoxy) is 1. The Kier molecular flexibility index (Phi) is 3.19. The van der Waals surface area contributed by atoms with Crippen molar-refractivity contribution in [3.63, 3.8) is 0 Å². The monoisotopic (exact) mass is 364 g/mol. The first-order valence-electron chi connectivity index (χ1n) is 9.72. The van der Waals surface area contributed by atoms with E-state index in [4.69, 9.17) is 4.74 Å². The topological polar surface area (TPSA) is 107 Å². The third-order valence-corrected chi connectivity index (χ3v) is 8.83. The van der Waals surface area contributed by atoms with Crippen LogP contribution in [0.25, 0.3) is 0 Å². The fourth-order valence-electron chi connectivity index (χ4n) is 7.83. The van der Waals surface area contributed by atoms with E-state index in [-0.39, 0.29) is 23.5 Å². The maximum absolute atomic E-state index is 13.3. The molecule has 4 N–H and O–H groups in total. The molecular formula is C20H28O6. The average Bonchev–Trinajstić information content (AvgIpc) is 2.70. The number of aliphatic hydroxyl groups excluding tert-OH is 4. The van der Waals surface area contributed by atoms with E-state index in [0.29, 0.717) is 18.4 Å². The molecule has 26 heavy (non-hydrogen) atoms. The third-order valence-electron chi connectivity index (χ3n) is 8.83. The maximum atomic E-state index is 13.3. The number of carbonyl (C=O) groups is 1. The van der Waals surface area contributed by atoms with Crippen LogP contribution in [0.2, 0.25) is 0 Å². The van der Waals surface area contributed by atoms with Crippen LogP contribution < -0.4 is 0 Å². The van der Waals surface area contributed by atoms with Crippen molar-refractivity contribution < 1.29 is 30.0 Å². The lowest BCUT2D eigenvalue weighted by atomic mass is 9.36. The predicted molar refractivity (Wildman–Crippen MR) is 90.6 cm³/mol. The summed E-state index contributed by atoms with van der Waals surface area (Å²) in [6, 6.07) is 0. The zero-order valence-corrected chi connectivity index (χ0v) is 15.3. The van der Waals surface area contributed by atoms with E-state index < -0.39 is 53.4 Å². The Bertz CT molecular complexity index is 696. The average molecular weight is 364 g/mol. The maximum Gasteiger partial charge on any atom is 0.170 e. The van der Waals surface area contributed by atoms with Gasteiger partial charge in [-0.05, 0) is 42.6 Å². The van der Waals surface area contributed by atoms with Crippen LogP contribution >= 0.6 is 0 Å². The molecule has 4 saturated carbocycles. The van der Waals surface area contributed by atoms with Gasteiger partial charge in [0.1, 0.15) is 0 Å². The Morgan fingerprint density at radius 3 is 2.54 bits per heavy atom. The van der Waals surface area contributed by atoms with Gasteiger partial charge in [0.2, 0.25) is 0 Å². The molecule has 6 heteroatoms. The summed E-state index contributed by atoms with van der Waals surface area (Å²) in [6.07, 6.45) is -2.67. The molecule has 10 atom stereocenters. The smallest absolute Gasteiger partial charge is 0.170 e. The second kappa shape index (κ2) is 4.78. The molecule has 6 rings (SSSR count). The third kappa shape index (κ3) is 1.51. The molecule has 4 bridgehead atoms. The van der Waals surface area contributed by atoms with E-state index in [1.165, 1.54) is 0 Å². The van der Waals surface area contributed by atoms with E-state index in [1.807, 2.05) is 0 Å². The fourth-order valence-corrected chi connectivity index (χ4v) is 7.83. The highest BCUT2D eigenvalue weighted by atomic mass is 16.6. The van der Waals surface area contributed by atoms with Gasteiger partial charge in [-0.15, -0.1) is 0 Å². The molecule has 0 radical (unpaired) electrons. The van der Waals surface area contributed by atoms with Gasteiger partial charge in [0, 0.05) is 11.8 Å². The molecule has 6 aliphatic rings. The number of Topliss-reactive ketones (excluding diaryl/α,β-unsaturated/α-hetero) is 1. The Hall–Kier alpha value is -0.790. The molecule has 0 aromatic rings. The molecule has 2 spiro atoms. The Balaban J connectivity index is 1.79. The summed E-state index contributed by atoms with van der Waals surface area (Å²) in [6.45, 7) is 8.14. The highest BCUT2D eigenvalue weighted by Crippen LogP contribution is 2.75.